The number of aromatic nitrogens is 1. The number of fused-ring (bicyclic) bond motifs is 1. The van der Waals surface area contributed by atoms with Crippen LogP contribution in [0.2, 0.25) is 0 Å². The molecule has 0 unspecified atom stereocenters. The average Bonchev–Trinajstić information content (AvgIpc) is 2.48. The van der Waals surface area contributed by atoms with Gasteiger partial charge in [0.15, 0.2) is 0 Å². The van der Waals surface area contributed by atoms with Crippen LogP contribution in [0.3, 0.4) is 0 Å². The van der Waals surface area contributed by atoms with Crippen molar-refractivity contribution in [2.24, 2.45) is 0 Å². The number of benzene rings is 2. The van der Waals surface area contributed by atoms with E-state index in [1.807, 2.05) is 37.3 Å². The van der Waals surface area contributed by atoms with E-state index in [0.29, 0.717) is 16.8 Å². The lowest BCUT2D eigenvalue weighted by Crippen LogP contribution is -2.14. The highest BCUT2D eigenvalue weighted by Gasteiger charge is 2.17. The summed E-state index contributed by atoms with van der Waals surface area (Å²) in [4.78, 5) is 4.73. The molecule has 0 saturated carbocycles. The summed E-state index contributed by atoms with van der Waals surface area (Å²) in [7, 11) is -3.64. The summed E-state index contributed by atoms with van der Waals surface area (Å²) in [5, 5.41) is 0.899. The maximum Gasteiger partial charge on any atom is 0.262 e. The maximum atomic E-state index is 12.6. The molecule has 22 heavy (non-hydrogen) atoms. The maximum absolute atomic E-state index is 12.6. The van der Waals surface area contributed by atoms with Crippen LogP contribution in [-0.4, -0.2) is 13.4 Å². The van der Waals surface area contributed by atoms with Crippen LogP contribution in [0.1, 0.15) is 11.3 Å². The molecule has 5 heteroatoms. The van der Waals surface area contributed by atoms with Gasteiger partial charge in [0.2, 0.25) is 0 Å². The van der Waals surface area contributed by atoms with Crippen LogP contribution in [-0.2, 0) is 10.0 Å². The van der Waals surface area contributed by atoms with Gasteiger partial charge in [0.05, 0.1) is 16.1 Å². The number of aryl methyl sites for hydroxylation is 2. The molecule has 0 atom stereocenters. The molecule has 1 N–H and O–H groups in total. The van der Waals surface area contributed by atoms with Crippen molar-refractivity contribution in [3.05, 3.63) is 65.9 Å². The smallest absolute Gasteiger partial charge is 0.262 e. The Balaban J connectivity index is 2.10. The number of sulfonamides is 1. The van der Waals surface area contributed by atoms with Crippen molar-refractivity contribution in [1.82, 2.24) is 4.98 Å². The van der Waals surface area contributed by atoms with Gasteiger partial charge >= 0.3 is 0 Å². The fourth-order valence-corrected chi connectivity index (χ4v) is 3.70. The molecule has 3 aromatic rings. The van der Waals surface area contributed by atoms with Gasteiger partial charge in [-0.3, -0.25) is 9.71 Å². The lowest BCUT2D eigenvalue weighted by Gasteiger charge is -2.12. The molecule has 2 aromatic carbocycles. The molecule has 1 aromatic heterocycles. The Morgan fingerprint density at radius 3 is 2.45 bits per heavy atom. The summed E-state index contributed by atoms with van der Waals surface area (Å²) in [6, 6.07) is 16.2. The number of anilines is 1. The molecular formula is C17H16N2O2S. The Bertz CT molecular complexity index is 950. The van der Waals surface area contributed by atoms with E-state index in [9.17, 15) is 8.42 Å². The first kappa shape index (κ1) is 14.5. The van der Waals surface area contributed by atoms with Crippen molar-refractivity contribution in [3.8, 4) is 0 Å². The van der Waals surface area contributed by atoms with E-state index in [-0.39, 0.29) is 4.90 Å². The minimum atomic E-state index is -3.64. The summed E-state index contributed by atoms with van der Waals surface area (Å²) in [6.07, 6.45) is 0. The zero-order valence-electron chi connectivity index (χ0n) is 12.4. The normalized spacial score (nSPS) is 11.5. The van der Waals surface area contributed by atoms with Crippen LogP contribution in [0.15, 0.2) is 59.5 Å². The Labute approximate surface area is 129 Å². The highest BCUT2D eigenvalue weighted by atomic mass is 32.2. The second-order valence-corrected chi connectivity index (χ2v) is 6.85. The second kappa shape index (κ2) is 5.42. The molecule has 0 radical (unpaired) electrons. The van der Waals surface area contributed by atoms with Crippen LogP contribution in [0, 0.1) is 13.8 Å². The van der Waals surface area contributed by atoms with Gasteiger partial charge < -0.3 is 0 Å². The number of para-hydroxylation sites is 1. The van der Waals surface area contributed by atoms with Crippen LogP contribution < -0.4 is 4.72 Å². The number of rotatable bonds is 3. The highest BCUT2D eigenvalue weighted by Crippen LogP contribution is 2.25. The second-order valence-electron chi connectivity index (χ2n) is 5.20. The average molecular weight is 312 g/mol. The predicted molar refractivity (Wildman–Crippen MR) is 88.5 cm³/mol. The third-order valence-electron chi connectivity index (χ3n) is 3.49. The van der Waals surface area contributed by atoms with Crippen molar-refractivity contribution in [3.63, 3.8) is 0 Å². The minimum Gasteiger partial charge on any atom is -0.277 e. The molecule has 0 spiro atoms. The Morgan fingerprint density at radius 2 is 1.68 bits per heavy atom. The lowest BCUT2D eigenvalue weighted by atomic mass is 10.2. The SMILES string of the molecule is Cc1ccc2cccc(NS(=O)(=O)c3ccccc3C)c2n1. The molecule has 112 valence electrons. The zero-order valence-corrected chi connectivity index (χ0v) is 13.2. The molecule has 1 heterocycles. The van der Waals surface area contributed by atoms with E-state index >= 15 is 0 Å². The van der Waals surface area contributed by atoms with Gasteiger partial charge in [0, 0.05) is 11.1 Å². The topological polar surface area (TPSA) is 59.1 Å². The third-order valence-corrected chi connectivity index (χ3v) is 5.01. The van der Waals surface area contributed by atoms with Gasteiger partial charge in [-0.25, -0.2) is 8.42 Å². The van der Waals surface area contributed by atoms with Gasteiger partial charge in [0.1, 0.15) is 0 Å². The van der Waals surface area contributed by atoms with E-state index in [0.717, 1.165) is 11.1 Å². The largest absolute Gasteiger partial charge is 0.277 e. The number of nitrogens with one attached hydrogen (secondary N) is 1. The van der Waals surface area contributed by atoms with Crippen molar-refractivity contribution in [2.45, 2.75) is 18.7 Å². The van der Waals surface area contributed by atoms with Crippen molar-refractivity contribution in [1.29, 1.82) is 0 Å². The quantitative estimate of drug-likeness (QED) is 0.803. The summed E-state index contributed by atoms with van der Waals surface area (Å²) in [5.74, 6) is 0. The number of hydrogen-bond acceptors (Lipinski definition) is 3. The van der Waals surface area contributed by atoms with Crippen LogP contribution >= 0.6 is 0 Å². The van der Waals surface area contributed by atoms with Crippen molar-refractivity contribution >= 4 is 26.6 Å². The molecule has 3 rings (SSSR count). The predicted octanol–water partition coefficient (Wildman–Crippen LogP) is 3.65. The summed E-state index contributed by atoms with van der Waals surface area (Å²) in [5.41, 5.74) is 2.69. The summed E-state index contributed by atoms with van der Waals surface area (Å²) < 4.78 is 27.9. The van der Waals surface area contributed by atoms with Gasteiger partial charge in [-0.2, -0.15) is 0 Å². The minimum absolute atomic E-state index is 0.277. The fourth-order valence-electron chi connectivity index (χ4n) is 2.38. The van der Waals surface area contributed by atoms with Crippen molar-refractivity contribution < 1.29 is 8.42 Å². The molecule has 0 bridgehead atoms. The molecule has 0 saturated heterocycles. The van der Waals surface area contributed by atoms with Crippen LogP contribution in [0.25, 0.3) is 10.9 Å². The number of nitrogens with zero attached hydrogens (tertiary/aromatic N) is 1. The highest BCUT2D eigenvalue weighted by molar-refractivity contribution is 7.92. The van der Waals surface area contributed by atoms with E-state index in [1.165, 1.54) is 0 Å². The molecule has 4 nitrogen and oxygen atoms in total. The first-order valence-electron chi connectivity index (χ1n) is 6.92. The molecule has 0 aliphatic rings. The Kier molecular flexibility index (Phi) is 3.58. The van der Waals surface area contributed by atoms with Crippen molar-refractivity contribution in [2.75, 3.05) is 4.72 Å². The Morgan fingerprint density at radius 1 is 0.909 bits per heavy atom. The standard InChI is InChI=1S/C17H16N2O2S/c1-12-6-3-4-9-16(12)22(20,21)19-15-8-5-7-14-11-10-13(2)18-17(14)15/h3-11,19H,1-2H3. The van der Waals surface area contributed by atoms with Gasteiger partial charge in [0.25, 0.3) is 10.0 Å². The van der Waals surface area contributed by atoms with Gasteiger partial charge in [-0.05, 0) is 37.6 Å². The lowest BCUT2D eigenvalue weighted by molar-refractivity contribution is 0.600. The molecule has 0 aliphatic heterocycles. The van der Waals surface area contributed by atoms with Gasteiger partial charge in [-0.1, -0.05) is 36.4 Å². The van der Waals surface area contributed by atoms with E-state index in [2.05, 4.69) is 9.71 Å². The third kappa shape index (κ3) is 2.67. The number of pyridine rings is 1. The fraction of sp³-hybridized carbons (Fsp3) is 0.118. The molecule has 0 amide bonds. The van der Waals surface area contributed by atoms with E-state index in [1.54, 1.807) is 31.2 Å². The summed E-state index contributed by atoms with van der Waals surface area (Å²) in [6.45, 7) is 3.66. The first-order valence-corrected chi connectivity index (χ1v) is 8.40. The molecule has 0 fully saturated rings. The Hall–Kier alpha value is -2.40. The molecule has 0 aliphatic carbocycles. The number of hydrogen-bond donors (Lipinski definition) is 1. The van der Waals surface area contributed by atoms with Crippen LogP contribution in [0.5, 0.6) is 0 Å². The summed E-state index contributed by atoms with van der Waals surface area (Å²) >= 11 is 0. The first-order chi connectivity index (χ1) is 10.5. The monoisotopic (exact) mass is 312 g/mol. The van der Waals surface area contributed by atoms with Crippen LogP contribution in [0.4, 0.5) is 5.69 Å². The van der Waals surface area contributed by atoms with E-state index in [4.69, 9.17) is 0 Å². The van der Waals surface area contributed by atoms with Gasteiger partial charge in [-0.15, -0.1) is 0 Å². The van der Waals surface area contributed by atoms with E-state index < -0.39 is 10.0 Å². The molecular weight excluding hydrogens is 296 g/mol. The zero-order chi connectivity index (χ0) is 15.7.